The van der Waals surface area contributed by atoms with Crippen molar-refractivity contribution in [3.05, 3.63) is 49.9 Å². The zero-order valence-corrected chi connectivity index (χ0v) is 23.7. The molecule has 0 spiro atoms. The molecule has 0 aliphatic carbocycles. The fourth-order valence-corrected chi connectivity index (χ4v) is 6.07. The SMILES string of the molecule is Cc1cc(Cl)nc(Cl)c1C(=O)NCC[C@@H](C)N1CCC(N(Cc2ccsc2)C(=O)NN2CCOC2=O)CC1. The number of amides is 4. The maximum atomic E-state index is 13.2. The molecular formula is C25H32Cl2N6O4S. The molecule has 2 saturated heterocycles. The van der Waals surface area contributed by atoms with Crippen LogP contribution in [0, 0.1) is 6.92 Å². The molecule has 4 amide bonds. The molecule has 0 bridgehead atoms. The molecule has 13 heteroatoms. The number of piperidine rings is 1. The second-order valence-corrected chi connectivity index (χ2v) is 11.1. The van der Waals surface area contributed by atoms with E-state index in [2.05, 4.69) is 27.6 Å². The van der Waals surface area contributed by atoms with Crippen LogP contribution in [0.2, 0.25) is 10.3 Å². The summed E-state index contributed by atoms with van der Waals surface area (Å²) in [6.07, 6.45) is 1.85. The number of urea groups is 1. The summed E-state index contributed by atoms with van der Waals surface area (Å²) in [6, 6.07) is 3.62. The first kappa shape index (κ1) is 28.4. The first-order valence-electron chi connectivity index (χ1n) is 12.6. The van der Waals surface area contributed by atoms with Gasteiger partial charge in [0.1, 0.15) is 16.9 Å². The third-order valence-electron chi connectivity index (χ3n) is 6.96. The summed E-state index contributed by atoms with van der Waals surface area (Å²) in [6.45, 7) is 7.15. The minimum absolute atomic E-state index is 0.0409. The van der Waals surface area contributed by atoms with E-state index < -0.39 is 6.09 Å². The third kappa shape index (κ3) is 7.07. The van der Waals surface area contributed by atoms with Crippen LogP contribution >= 0.6 is 34.5 Å². The molecule has 0 aromatic carbocycles. The minimum Gasteiger partial charge on any atom is -0.446 e. The van der Waals surface area contributed by atoms with Crippen molar-refractivity contribution in [3.8, 4) is 0 Å². The molecule has 0 saturated carbocycles. The lowest BCUT2D eigenvalue weighted by molar-refractivity contribution is 0.0843. The average molecular weight is 584 g/mol. The van der Waals surface area contributed by atoms with Gasteiger partial charge in [0.05, 0.1) is 12.1 Å². The molecular weight excluding hydrogens is 551 g/mol. The molecule has 2 aliphatic heterocycles. The van der Waals surface area contributed by atoms with E-state index in [0.29, 0.717) is 30.8 Å². The van der Waals surface area contributed by atoms with Gasteiger partial charge in [-0.15, -0.1) is 0 Å². The number of carbonyl (C=O) groups excluding carboxylic acids is 3. The minimum atomic E-state index is -0.533. The predicted octanol–water partition coefficient (Wildman–Crippen LogP) is 4.31. The largest absolute Gasteiger partial charge is 0.446 e. The number of hydrogen-bond acceptors (Lipinski definition) is 7. The average Bonchev–Trinajstić information content (AvgIpc) is 3.53. The van der Waals surface area contributed by atoms with Gasteiger partial charge in [0, 0.05) is 38.3 Å². The van der Waals surface area contributed by atoms with Gasteiger partial charge in [0.15, 0.2) is 0 Å². The van der Waals surface area contributed by atoms with Crippen molar-refractivity contribution >= 4 is 52.6 Å². The van der Waals surface area contributed by atoms with Crippen molar-refractivity contribution in [2.75, 3.05) is 32.8 Å². The van der Waals surface area contributed by atoms with Crippen LogP contribution in [0.15, 0.2) is 22.9 Å². The van der Waals surface area contributed by atoms with Crippen LogP contribution in [-0.4, -0.2) is 82.7 Å². The van der Waals surface area contributed by atoms with E-state index in [9.17, 15) is 14.4 Å². The van der Waals surface area contributed by atoms with Gasteiger partial charge >= 0.3 is 12.1 Å². The molecule has 4 heterocycles. The van der Waals surface area contributed by atoms with Crippen LogP contribution in [0.4, 0.5) is 9.59 Å². The number of cyclic esters (lactones) is 1. The van der Waals surface area contributed by atoms with Gasteiger partial charge in [-0.1, -0.05) is 23.2 Å². The van der Waals surface area contributed by atoms with Gasteiger partial charge < -0.3 is 19.9 Å². The van der Waals surface area contributed by atoms with Gasteiger partial charge in [-0.2, -0.15) is 11.3 Å². The number of hydrazine groups is 1. The molecule has 0 unspecified atom stereocenters. The highest BCUT2D eigenvalue weighted by Gasteiger charge is 2.32. The Hall–Kier alpha value is -2.60. The third-order valence-corrected chi connectivity index (χ3v) is 8.16. The molecule has 2 N–H and O–H groups in total. The molecule has 0 radical (unpaired) electrons. The number of rotatable bonds is 9. The Kier molecular flexibility index (Phi) is 9.69. The quantitative estimate of drug-likeness (QED) is 0.427. The van der Waals surface area contributed by atoms with Crippen molar-refractivity contribution in [2.24, 2.45) is 0 Å². The lowest BCUT2D eigenvalue weighted by atomic mass is 10.0. The second-order valence-electron chi connectivity index (χ2n) is 9.53. The van der Waals surface area contributed by atoms with Gasteiger partial charge in [0.2, 0.25) is 0 Å². The van der Waals surface area contributed by atoms with Crippen LogP contribution in [-0.2, 0) is 11.3 Å². The molecule has 10 nitrogen and oxygen atoms in total. The number of likely N-dealkylation sites (tertiary alicyclic amines) is 1. The second kappa shape index (κ2) is 13.0. The summed E-state index contributed by atoms with van der Waals surface area (Å²) >= 11 is 13.6. The van der Waals surface area contributed by atoms with E-state index in [4.69, 9.17) is 27.9 Å². The summed E-state index contributed by atoms with van der Waals surface area (Å²) in [4.78, 5) is 45.8. The number of nitrogens with one attached hydrogen (secondary N) is 2. The Morgan fingerprint density at radius 3 is 2.68 bits per heavy atom. The number of carbonyl (C=O) groups is 3. The van der Waals surface area contributed by atoms with E-state index >= 15 is 0 Å². The Labute approximate surface area is 236 Å². The monoisotopic (exact) mass is 582 g/mol. The normalized spacial score (nSPS) is 17.3. The summed E-state index contributed by atoms with van der Waals surface area (Å²) < 4.78 is 4.93. The summed E-state index contributed by atoms with van der Waals surface area (Å²) in [5, 5.41) is 8.54. The molecule has 38 heavy (non-hydrogen) atoms. The highest BCUT2D eigenvalue weighted by molar-refractivity contribution is 7.07. The fraction of sp³-hybridized carbons (Fsp3) is 0.520. The molecule has 2 aromatic rings. The smallest absolute Gasteiger partial charge is 0.428 e. The van der Waals surface area contributed by atoms with Crippen LogP contribution in [0.5, 0.6) is 0 Å². The van der Waals surface area contributed by atoms with E-state index in [-0.39, 0.29) is 40.9 Å². The highest BCUT2D eigenvalue weighted by atomic mass is 35.5. The Morgan fingerprint density at radius 1 is 1.29 bits per heavy atom. The lowest BCUT2D eigenvalue weighted by Gasteiger charge is -2.41. The van der Waals surface area contributed by atoms with Gasteiger partial charge in [-0.3, -0.25) is 4.79 Å². The Morgan fingerprint density at radius 2 is 2.05 bits per heavy atom. The summed E-state index contributed by atoms with van der Waals surface area (Å²) in [5.41, 5.74) is 4.80. The van der Waals surface area contributed by atoms with Crippen molar-refractivity contribution in [1.82, 2.24) is 30.5 Å². The number of nitrogens with zero attached hydrogens (tertiary/aromatic N) is 4. The Balaban J connectivity index is 1.28. The zero-order chi connectivity index (χ0) is 27.2. The first-order valence-corrected chi connectivity index (χ1v) is 14.3. The Bertz CT molecular complexity index is 1120. The van der Waals surface area contributed by atoms with E-state index in [1.165, 1.54) is 5.01 Å². The molecule has 2 fully saturated rings. The zero-order valence-electron chi connectivity index (χ0n) is 21.4. The standard InChI is InChI=1S/C25H32Cl2N6O4S/c1-16-13-20(26)29-22(27)21(16)23(34)28-7-3-17(2)31-8-4-19(5-9-31)32(14-18-6-12-38-15-18)24(35)30-33-10-11-37-25(33)36/h6,12-13,15,17,19H,3-5,7-11,14H2,1-2H3,(H,28,34)(H,30,35)/t17-/m1/s1. The number of halogens is 2. The van der Waals surface area contributed by atoms with E-state index in [1.54, 1.807) is 24.3 Å². The van der Waals surface area contributed by atoms with Crippen molar-refractivity contribution < 1.29 is 19.1 Å². The molecule has 2 aliphatic rings. The molecule has 206 valence electrons. The molecule has 2 aromatic heterocycles. The topological polar surface area (TPSA) is 107 Å². The number of hydrogen-bond donors (Lipinski definition) is 2. The number of ether oxygens (including phenoxy) is 1. The van der Waals surface area contributed by atoms with Crippen LogP contribution in [0.3, 0.4) is 0 Å². The van der Waals surface area contributed by atoms with Crippen LogP contribution in [0.25, 0.3) is 0 Å². The first-order chi connectivity index (χ1) is 18.2. The van der Waals surface area contributed by atoms with Gasteiger partial charge in [0.25, 0.3) is 5.91 Å². The maximum Gasteiger partial charge on any atom is 0.428 e. The predicted molar refractivity (Wildman–Crippen MR) is 146 cm³/mol. The highest BCUT2D eigenvalue weighted by Crippen LogP contribution is 2.23. The van der Waals surface area contributed by atoms with Gasteiger partial charge in [-0.05, 0) is 67.1 Å². The van der Waals surface area contributed by atoms with Crippen LogP contribution in [0.1, 0.15) is 47.7 Å². The summed E-state index contributed by atoms with van der Waals surface area (Å²) in [7, 11) is 0. The van der Waals surface area contributed by atoms with Crippen molar-refractivity contribution in [2.45, 2.75) is 51.7 Å². The number of aromatic nitrogens is 1. The van der Waals surface area contributed by atoms with E-state index in [0.717, 1.165) is 37.9 Å². The number of thiophene rings is 1. The van der Waals surface area contributed by atoms with Crippen molar-refractivity contribution in [3.63, 3.8) is 0 Å². The van der Waals surface area contributed by atoms with Crippen molar-refractivity contribution in [1.29, 1.82) is 0 Å². The lowest BCUT2D eigenvalue weighted by Crippen LogP contribution is -2.55. The maximum absolute atomic E-state index is 13.2. The summed E-state index contributed by atoms with van der Waals surface area (Å²) in [5.74, 6) is -0.264. The number of pyridine rings is 1. The number of aryl methyl sites for hydroxylation is 1. The van der Waals surface area contributed by atoms with Crippen LogP contribution < -0.4 is 10.7 Å². The molecule has 4 rings (SSSR count). The van der Waals surface area contributed by atoms with E-state index in [1.807, 2.05) is 21.7 Å². The molecule has 1 atom stereocenters. The van der Waals surface area contributed by atoms with Gasteiger partial charge in [-0.25, -0.2) is 25.0 Å². The fourth-order valence-electron chi connectivity index (χ4n) is 4.79.